The molecule has 4 rings (SSSR count). The van der Waals surface area contributed by atoms with Gasteiger partial charge < -0.3 is 0 Å². The highest BCUT2D eigenvalue weighted by molar-refractivity contribution is 4.99. The molecule has 4 aliphatic rings. The highest BCUT2D eigenvalue weighted by atomic mass is 15.4. The van der Waals surface area contributed by atoms with Crippen LogP contribution in [0.4, 0.5) is 0 Å². The second kappa shape index (κ2) is 6.29. The Labute approximate surface area is 155 Å². The first-order chi connectivity index (χ1) is 13.7. The van der Waals surface area contributed by atoms with Crippen molar-refractivity contribution in [1.82, 2.24) is 19.6 Å². The molecule has 0 aliphatic carbocycles. The summed E-state index contributed by atoms with van der Waals surface area (Å²) in [5.41, 5.74) is -1.12. The molecule has 0 aromatic carbocycles. The van der Waals surface area contributed by atoms with Crippen LogP contribution in [-0.2, 0) is 0 Å². The van der Waals surface area contributed by atoms with Crippen LogP contribution >= 0.6 is 0 Å². The summed E-state index contributed by atoms with van der Waals surface area (Å²) in [6.45, 7) is 1.56. The molecule has 0 aromatic rings. The van der Waals surface area contributed by atoms with Crippen LogP contribution < -0.4 is 0 Å². The van der Waals surface area contributed by atoms with Crippen molar-refractivity contribution in [3.63, 3.8) is 0 Å². The molecule has 2 unspecified atom stereocenters. The maximum atomic E-state index is 8.65. The molecular weight excluding hydrogens is 284 g/mol. The molecule has 4 saturated heterocycles. The van der Waals surface area contributed by atoms with Crippen LogP contribution in [0.25, 0.3) is 0 Å². The molecule has 0 spiro atoms. The molecule has 0 amide bonds. The van der Waals surface area contributed by atoms with E-state index in [9.17, 15) is 0 Å². The number of fused-ring (bicyclic) bond motifs is 3. The normalized spacial score (nSPS) is 46.5. The molecule has 0 radical (unpaired) electrons. The Kier molecular flexibility index (Phi) is 2.76. The van der Waals surface area contributed by atoms with Gasteiger partial charge in [0.1, 0.15) is 0 Å². The number of hydrogen-bond donors (Lipinski definition) is 0. The lowest BCUT2D eigenvalue weighted by molar-refractivity contribution is -0.0855. The van der Waals surface area contributed by atoms with Gasteiger partial charge in [-0.3, -0.25) is 19.6 Å². The van der Waals surface area contributed by atoms with Crippen LogP contribution in [0.1, 0.15) is 65.4 Å². The van der Waals surface area contributed by atoms with E-state index in [0.29, 0.717) is 6.54 Å². The van der Waals surface area contributed by atoms with E-state index < -0.39 is 31.5 Å². The van der Waals surface area contributed by atoms with Crippen LogP contribution in [-0.4, -0.2) is 88.5 Å². The Balaban J connectivity index is 1.95. The molecule has 23 heavy (non-hydrogen) atoms. The molecule has 4 fully saturated rings. The fourth-order valence-electron chi connectivity index (χ4n) is 3.77. The first kappa shape index (κ1) is 10.1. The van der Waals surface area contributed by atoms with Gasteiger partial charge in [0.2, 0.25) is 0 Å². The van der Waals surface area contributed by atoms with Gasteiger partial charge in [-0.25, -0.2) is 0 Å². The molecule has 4 aliphatic heterocycles. The van der Waals surface area contributed by atoms with E-state index >= 15 is 0 Å². The van der Waals surface area contributed by atoms with E-state index in [1.807, 2.05) is 4.90 Å². The first-order valence-corrected chi connectivity index (χ1v) is 8.76. The maximum Gasteiger partial charge on any atom is 0.0511 e. The standard InChI is InChI=1S/C19H38N4/c1-18(2,3)22-11-9-20(10-12-22)15-21-13-17-8-7-16(21)14-23(17)19(4,5)6/h16-17H,7-15H2,1-6H3/i9D2,10D2,11D2,12D2. The summed E-state index contributed by atoms with van der Waals surface area (Å²) in [5, 5.41) is 0. The molecule has 134 valence electrons. The fraction of sp³-hybridized carbons (Fsp3) is 1.00. The summed E-state index contributed by atoms with van der Waals surface area (Å²) < 4.78 is 68.9. The van der Waals surface area contributed by atoms with Gasteiger partial charge in [0, 0.05) is 73.2 Å². The Hall–Kier alpha value is -0.160. The lowest BCUT2D eigenvalue weighted by Gasteiger charge is -2.57. The predicted octanol–water partition coefficient (Wildman–Crippen LogP) is 2.31. The summed E-state index contributed by atoms with van der Waals surface area (Å²) in [5.74, 6) is 0. The summed E-state index contributed by atoms with van der Waals surface area (Å²) in [6.07, 6.45) is 1.95. The zero-order valence-corrected chi connectivity index (χ0v) is 15.5. The summed E-state index contributed by atoms with van der Waals surface area (Å²) >= 11 is 0. The average molecular weight is 331 g/mol. The van der Waals surface area contributed by atoms with Gasteiger partial charge in [0.05, 0.1) is 6.67 Å². The van der Waals surface area contributed by atoms with Crippen molar-refractivity contribution in [2.24, 2.45) is 0 Å². The topological polar surface area (TPSA) is 13.0 Å². The second-order valence-corrected chi connectivity index (χ2v) is 9.00. The fourth-order valence-corrected chi connectivity index (χ4v) is 3.77. The third-order valence-corrected chi connectivity index (χ3v) is 5.09. The number of piperidine rings is 2. The van der Waals surface area contributed by atoms with Crippen LogP contribution in [0.15, 0.2) is 0 Å². The van der Waals surface area contributed by atoms with E-state index in [-0.39, 0.29) is 24.3 Å². The van der Waals surface area contributed by atoms with E-state index in [1.165, 1.54) is 0 Å². The van der Waals surface area contributed by atoms with E-state index in [4.69, 9.17) is 11.0 Å². The molecule has 2 atom stereocenters. The van der Waals surface area contributed by atoms with Crippen molar-refractivity contribution < 1.29 is 11.0 Å². The van der Waals surface area contributed by atoms with E-state index in [0.717, 1.165) is 29.2 Å². The first-order valence-electron chi connectivity index (χ1n) is 12.8. The van der Waals surface area contributed by atoms with Gasteiger partial charge in [-0.1, -0.05) is 0 Å². The minimum atomic E-state index is -2.74. The van der Waals surface area contributed by atoms with Crippen LogP contribution in [0.3, 0.4) is 0 Å². The quantitative estimate of drug-likeness (QED) is 0.770. The van der Waals surface area contributed by atoms with Crippen molar-refractivity contribution in [3.05, 3.63) is 0 Å². The zero-order chi connectivity index (χ0) is 24.0. The van der Waals surface area contributed by atoms with E-state index in [1.54, 1.807) is 20.8 Å². The predicted molar refractivity (Wildman–Crippen MR) is 97.7 cm³/mol. The van der Waals surface area contributed by atoms with Crippen LogP contribution in [0.5, 0.6) is 0 Å². The maximum absolute atomic E-state index is 8.65. The van der Waals surface area contributed by atoms with Crippen molar-refractivity contribution >= 4 is 0 Å². The molecule has 2 bridgehead atoms. The van der Waals surface area contributed by atoms with Crippen LogP contribution in [0.2, 0.25) is 0 Å². The van der Waals surface area contributed by atoms with Crippen molar-refractivity contribution in [2.45, 2.75) is 77.5 Å². The monoisotopic (exact) mass is 330 g/mol. The van der Waals surface area contributed by atoms with Crippen molar-refractivity contribution in [3.8, 4) is 0 Å². The molecule has 0 N–H and O–H groups in total. The Morgan fingerprint density at radius 2 is 1.43 bits per heavy atom. The third kappa shape index (κ3) is 3.92. The third-order valence-electron chi connectivity index (χ3n) is 5.09. The summed E-state index contributed by atoms with van der Waals surface area (Å²) in [6, 6.07) is 0.374. The van der Waals surface area contributed by atoms with Gasteiger partial charge in [-0.15, -0.1) is 0 Å². The highest BCUT2D eigenvalue weighted by Gasteiger charge is 2.43. The molecular formula is C19H38N4. The van der Waals surface area contributed by atoms with E-state index in [2.05, 4.69) is 25.7 Å². The second-order valence-electron chi connectivity index (χ2n) is 9.00. The van der Waals surface area contributed by atoms with Gasteiger partial charge >= 0.3 is 0 Å². The molecule has 4 heteroatoms. The van der Waals surface area contributed by atoms with Crippen LogP contribution in [0, 0.1) is 0 Å². The van der Waals surface area contributed by atoms with Gasteiger partial charge in [0.25, 0.3) is 0 Å². The molecule has 4 heterocycles. The average Bonchev–Trinajstić information content (AvgIpc) is 2.55. The lowest BCUT2D eigenvalue weighted by atomic mass is 9.87. The Morgan fingerprint density at radius 3 is 1.91 bits per heavy atom. The van der Waals surface area contributed by atoms with Gasteiger partial charge in [-0.05, 0) is 54.4 Å². The van der Waals surface area contributed by atoms with Gasteiger partial charge in [0.15, 0.2) is 0 Å². The largest absolute Gasteiger partial charge is 0.296 e. The number of piperazine rings is 2. The molecule has 0 aromatic heterocycles. The molecule has 0 saturated carbocycles. The Bertz CT molecular complexity index is 672. The minimum absolute atomic E-state index is 0.00594. The lowest BCUT2D eigenvalue weighted by Crippen LogP contribution is -2.68. The SMILES string of the molecule is [2H]C1([2H])N(CN2CC3CCC2CN3C(C)(C)C)C([2H])([2H])C([2H])([2H])N(C(C)(C)C)C1([2H])[2H]. The highest BCUT2D eigenvalue weighted by Crippen LogP contribution is 2.33. The number of rotatable bonds is 2. The zero-order valence-electron chi connectivity index (χ0n) is 23.5. The number of nitrogens with zero attached hydrogens (tertiary/aromatic N) is 4. The summed E-state index contributed by atoms with van der Waals surface area (Å²) in [7, 11) is 0. The minimum Gasteiger partial charge on any atom is -0.296 e. The van der Waals surface area contributed by atoms with Crippen molar-refractivity contribution in [2.75, 3.05) is 45.7 Å². The summed E-state index contributed by atoms with van der Waals surface area (Å²) in [4.78, 5) is 5.97. The number of hydrogen-bond acceptors (Lipinski definition) is 4. The smallest absolute Gasteiger partial charge is 0.0511 e. The van der Waals surface area contributed by atoms with Crippen molar-refractivity contribution in [1.29, 1.82) is 0 Å². The Morgan fingerprint density at radius 1 is 0.826 bits per heavy atom. The van der Waals surface area contributed by atoms with Gasteiger partial charge in [-0.2, -0.15) is 0 Å². The molecule has 4 nitrogen and oxygen atoms in total.